The molecule has 0 spiro atoms. The summed E-state index contributed by atoms with van der Waals surface area (Å²) in [6, 6.07) is 13.2. The lowest BCUT2D eigenvalue weighted by Gasteiger charge is -2.27. The largest absolute Gasteiger partial charge is 0.466 e. The molecule has 1 heterocycles. The van der Waals surface area contributed by atoms with Crippen LogP contribution in [0.2, 0.25) is 0 Å². The van der Waals surface area contributed by atoms with Gasteiger partial charge >= 0.3 is 0 Å². The molecular weight excluding hydrogens is 246 g/mol. The van der Waals surface area contributed by atoms with Crippen molar-refractivity contribution in [1.29, 1.82) is 0 Å². The Kier molecular flexibility index (Phi) is 5.02. The molecular formula is C18H25NO. The Morgan fingerprint density at radius 1 is 1.10 bits per heavy atom. The van der Waals surface area contributed by atoms with Crippen molar-refractivity contribution in [3.63, 3.8) is 0 Å². The van der Waals surface area contributed by atoms with Crippen LogP contribution in [0.25, 0.3) is 0 Å². The molecule has 0 amide bonds. The van der Waals surface area contributed by atoms with E-state index in [-0.39, 0.29) is 0 Å². The number of hydrogen-bond acceptors (Lipinski definition) is 2. The van der Waals surface area contributed by atoms with Crippen molar-refractivity contribution in [2.75, 3.05) is 6.54 Å². The van der Waals surface area contributed by atoms with Gasteiger partial charge in [-0.25, -0.2) is 0 Å². The Balaban J connectivity index is 2.38. The smallest absolute Gasteiger partial charge is 0.105 e. The van der Waals surface area contributed by atoms with Crippen molar-refractivity contribution in [2.24, 2.45) is 0 Å². The third-order valence-electron chi connectivity index (χ3n) is 3.91. The first-order valence-electron chi connectivity index (χ1n) is 7.52. The highest BCUT2D eigenvalue weighted by atomic mass is 16.3. The summed E-state index contributed by atoms with van der Waals surface area (Å²) in [7, 11) is 0. The van der Waals surface area contributed by atoms with E-state index in [1.54, 1.807) is 0 Å². The summed E-state index contributed by atoms with van der Waals surface area (Å²) >= 11 is 0. The van der Waals surface area contributed by atoms with Crippen LogP contribution in [-0.2, 0) is 0 Å². The summed E-state index contributed by atoms with van der Waals surface area (Å²) in [6.07, 6.45) is 1.10. The molecule has 0 saturated heterocycles. The molecule has 0 fully saturated rings. The van der Waals surface area contributed by atoms with Crippen LogP contribution < -0.4 is 5.32 Å². The molecule has 2 heteroatoms. The molecule has 1 N–H and O–H groups in total. The molecule has 0 aliphatic rings. The summed E-state index contributed by atoms with van der Waals surface area (Å²) in [5.41, 5.74) is 2.68. The summed E-state index contributed by atoms with van der Waals surface area (Å²) in [5.74, 6) is 2.48. The van der Waals surface area contributed by atoms with Gasteiger partial charge in [-0.05, 0) is 38.4 Å². The van der Waals surface area contributed by atoms with Crippen molar-refractivity contribution in [2.45, 2.75) is 46.1 Å². The van der Waals surface area contributed by atoms with Crippen molar-refractivity contribution >= 4 is 0 Å². The third-order valence-corrected chi connectivity index (χ3v) is 3.91. The number of benzene rings is 1. The highest BCUT2D eigenvalue weighted by Crippen LogP contribution is 2.36. The fourth-order valence-corrected chi connectivity index (χ4v) is 3.01. The number of aryl methyl sites for hydroxylation is 2. The molecule has 2 unspecified atom stereocenters. The second-order valence-corrected chi connectivity index (χ2v) is 5.33. The van der Waals surface area contributed by atoms with E-state index in [1.165, 1.54) is 11.1 Å². The second-order valence-electron chi connectivity index (χ2n) is 5.33. The fraction of sp³-hybridized carbons (Fsp3) is 0.444. The zero-order chi connectivity index (χ0) is 14.5. The normalized spacial score (nSPS) is 14.2. The van der Waals surface area contributed by atoms with Gasteiger partial charge in [-0.3, -0.25) is 0 Å². The van der Waals surface area contributed by atoms with E-state index in [2.05, 4.69) is 62.5 Å². The molecule has 0 saturated carbocycles. The lowest BCUT2D eigenvalue weighted by atomic mass is 9.85. The Hall–Kier alpha value is -1.54. The van der Waals surface area contributed by atoms with Crippen LogP contribution in [0.3, 0.4) is 0 Å². The molecule has 2 atom stereocenters. The Morgan fingerprint density at radius 3 is 2.30 bits per heavy atom. The van der Waals surface area contributed by atoms with Crippen molar-refractivity contribution in [3.8, 4) is 0 Å². The summed E-state index contributed by atoms with van der Waals surface area (Å²) in [5, 5.41) is 3.64. The van der Waals surface area contributed by atoms with Gasteiger partial charge in [-0.15, -0.1) is 0 Å². The SMILES string of the molecule is CCNC(c1cc(C)oc1C)C(CC)c1ccccc1. The van der Waals surface area contributed by atoms with Crippen LogP contribution in [0.15, 0.2) is 40.8 Å². The second kappa shape index (κ2) is 6.76. The highest BCUT2D eigenvalue weighted by molar-refractivity contribution is 5.30. The first kappa shape index (κ1) is 14.9. The highest BCUT2D eigenvalue weighted by Gasteiger charge is 2.25. The van der Waals surface area contributed by atoms with Crippen molar-refractivity contribution in [3.05, 3.63) is 59.0 Å². The summed E-state index contributed by atoms with van der Waals surface area (Å²) in [4.78, 5) is 0. The molecule has 0 aliphatic carbocycles. The van der Waals surface area contributed by atoms with Gasteiger partial charge in [-0.1, -0.05) is 44.2 Å². The molecule has 2 aromatic rings. The van der Waals surface area contributed by atoms with E-state index < -0.39 is 0 Å². The molecule has 1 aromatic heterocycles. The zero-order valence-electron chi connectivity index (χ0n) is 12.9. The van der Waals surface area contributed by atoms with E-state index in [0.717, 1.165) is 24.5 Å². The van der Waals surface area contributed by atoms with E-state index in [0.29, 0.717) is 12.0 Å². The van der Waals surface area contributed by atoms with Gasteiger partial charge in [0.15, 0.2) is 0 Å². The van der Waals surface area contributed by atoms with E-state index in [1.807, 2.05) is 6.92 Å². The number of nitrogens with one attached hydrogen (secondary N) is 1. The van der Waals surface area contributed by atoms with Gasteiger partial charge in [-0.2, -0.15) is 0 Å². The van der Waals surface area contributed by atoms with Crippen molar-refractivity contribution < 1.29 is 4.42 Å². The van der Waals surface area contributed by atoms with Crippen LogP contribution >= 0.6 is 0 Å². The predicted molar refractivity (Wildman–Crippen MR) is 84.1 cm³/mol. The average Bonchev–Trinajstić information content (AvgIpc) is 2.78. The average molecular weight is 271 g/mol. The molecule has 108 valence electrons. The minimum absolute atomic E-state index is 0.310. The van der Waals surface area contributed by atoms with E-state index >= 15 is 0 Å². The Bertz CT molecular complexity index is 530. The van der Waals surface area contributed by atoms with Gasteiger partial charge in [0, 0.05) is 17.5 Å². The van der Waals surface area contributed by atoms with Gasteiger partial charge in [0.05, 0.1) is 0 Å². The topological polar surface area (TPSA) is 25.2 Å². The van der Waals surface area contributed by atoms with E-state index in [4.69, 9.17) is 4.42 Å². The number of hydrogen-bond donors (Lipinski definition) is 1. The van der Waals surface area contributed by atoms with Gasteiger partial charge in [0.1, 0.15) is 11.5 Å². The molecule has 1 aromatic carbocycles. The van der Waals surface area contributed by atoms with Crippen LogP contribution in [-0.4, -0.2) is 6.54 Å². The van der Waals surface area contributed by atoms with Crippen LogP contribution in [0.1, 0.15) is 54.9 Å². The minimum Gasteiger partial charge on any atom is -0.466 e. The summed E-state index contributed by atoms with van der Waals surface area (Å²) in [6.45, 7) is 9.45. The molecule has 20 heavy (non-hydrogen) atoms. The lowest BCUT2D eigenvalue weighted by Crippen LogP contribution is -2.27. The maximum absolute atomic E-state index is 5.73. The first-order chi connectivity index (χ1) is 9.67. The number of likely N-dealkylation sites (N-methyl/N-ethyl adjacent to an activating group) is 1. The number of rotatable bonds is 6. The minimum atomic E-state index is 0.310. The molecule has 2 rings (SSSR count). The van der Waals surface area contributed by atoms with E-state index in [9.17, 15) is 0 Å². The Morgan fingerprint density at radius 2 is 1.80 bits per heavy atom. The van der Waals surface area contributed by atoms with Gasteiger partial charge in [0.2, 0.25) is 0 Å². The molecule has 0 aliphatic heterocycles. The van der Waals surface area contributed by atoms with Crippen LogP contribution in [0.5, 0.6) is 0 Å². The molecule has 0 bridgehead atoms. The third kappa shape index (κ3) is 3.13. The quantitative estimate of drug-likeness (QED) is 0.821. The van der Waals surface area contributed by atoms with Crippen molar-refractivity contribution in [1.82, 2.24) is 5.32 Å². The molecule has 2 nitrogen and oxygen atoms in total. The predicted octanol–water partition coefficient (Wildman–Crippen LogP) is 4.74. The van der Waals surface area contributed by atoms with Crippen LogP contribution in [0.4, 0.5) is 0 Å². The lowest BCUT2D eigenvalue weighted by molar-refractivity contribution is 0.431. The Labute approximate surface area is 122 Å². The maximum Gasteiger partial charge on any atom is 0.105 e. The monoisotopic (exact) mass is 271 g/mol. The maximum atomic E-state index is 5.73. The number of furan rings is 1. The first-order valence-corrected chi connectivity index (χ1v) is 7.52. The van der Waals surface area contributed by atoms with Gasteiger partial charge < -0.3 is 9.73 Å². The summed E-state index contributed by atoms with van der Waals surface area (Å²) < 4.78 is 5.73. The van der Waals surface area contributed by atoms with Gasteiger partial charge in [0.25, 0.3) is 0 Å². The van der Waals surface area contributed by atoms with Crippen LogP contribution in [0, 0.1) is 13.8 Å². The zero-order valence-corrected chi connectivity index (χ0v) is 12.9. The standard InChI is InChI=1S/C18H25NO/c1-5-16(15-10-8-7-9-11-15)18(19-6-2)17-12-13(3)20-14(17)4/h7-12,16,18-19H,5-6H2,1-4H3. The molecule has 0 radical (unpaired) electrons. The fourth-order valence-electron chi connectivity index (χ4n) is 3.01.